The zero-order valence-corrected chi connectivity index (χ0v) is 25.6. The third-order valence-corrected chi connectivity index (χ3v) is 8.78. The number of likely N-dealkylation sites (N-methyl/N-ethyl adjacent to an activating group) is 1. The highest BCUT2D eigenvalue weighted by Gasteiger charge is 2.69. The number of aliphatic hydroxyl groups is 1. The van der Waals surface area contributed by atoms with E-state index in [1.165, 1.54) is 4.90 Å². The van der Waals surface area contributed by atoms with Crippen molar-refractivity contribution in [1.29, 1.82) is 0 Å². The van der Waals surface area contributed by atoms with Gasteiger partial charge in [-0.3, -0.25) is 39.2 Å². The number of hydrogen-bond acceptors (Lipinski definition) is 11. The number of phenols is 1. The Bertz CT molecular complexity index is 1400. The Morgan fingerprint density at radius 1 is 1.21 bits per heavy atom. The van der Waals surface area contributed by atoms with Crippen LogP contribution in [0.3, 0.4) is 0 Å². The molecule has 1 amide bonds. The highest BCUT2D eigenvalue weighted by Crippen LogP contribution is 2.51. The number of hydroxylamine groups is 1. The number of aromatic hydroxyl groups is 1. The average molecular weight is 599 g/mol. The van der Waals surface area contributed by atoms with Crippen molar-refractivity contribution in [2.45, 2.75) is 58.7 Å². The van der Waals surface area contributed by atoms with Crippen LogP contribution in [0.5, 0.6) is 5.75 Å². The van der Waals surface area contributed by atoms with Gasteiger partial charge in [0.05, 0.1) is 29.8 Å². The van der Waals surface area contributed by atoms with E-state index < -0.39 is 64.4 Å². The molecule has 2 saturated carbocycles. The van der Waals surface area contributed by atoms with Crippen molar-refractivity contribution < 1.29 is 39.0 Å². The Labute approximate surface area is 251 Å². The van der Waals surface area contributed by atoms with Crippen LogP contribution < -0.4 is 16.5 Å². The summed E-state index contributed by atoms with van der Waals surface area (Å²) in [5, 5.41) is 26.5. The Balaban J connectivity index is 1.85. The number of primary amides is 1. The maximum atomic E-state index is 14.2. The van der Waals surface area contributed by atoms with Crippen molar-refractivity contribution in [1.82, 2.24) is 15.7 Å². The van der Waals surface area contributed by atoms with E-state index in [-0.39, 0.29) is 36.1 Å². The third kappa shape index (κ3) is 5.41. The van der Waals surface area contributed by atoms with Crippen LogP contribution in [0.1, 0.15) is 61.2 Å². The number of nitrogens with two attached hydrogens (primary N) is 1. The van der Waals surface area contributed by atoms with E-state index in [0.717, 1.165) is 0 Å². The van der Waals surface area contributed by atoms with E-state index in [4.69, 9.17) is 10.6 Å². The van der Waals surface area contributed by atoms with Crippen molar-refractivity contribution in [3.05, 3.63) is 34.9 Å². The predicted octanol–water partition coefficient (Wildman–Crippen LogP) is 0.515. The summed E-state index contributed by atoms with van der Waals surface area (Å²) in [6.45, 7) is 13.1. The van der Waals surface area contributed by atoms with Gasteiger partial charge >= 0.3 is 0 Å². The SMILES string of the molecule is C=C(NOCC)c1cc(CNCC(C)(C)C)c(O)c2c1C[C@H]1C[C@H]3[C@H](N(C)C)C(=O)C(C(N)=O)C(=O)[C@@]3(O)C(=O)C1C2=O. The van der Waals surface area contributed by atoms with E-state index in [1.54, 1.807) is 27.1 Å². The number of benzene rings is 1. The van der Waals surface area contributed by atoms with Crippen LogP contribution in [0.15, 0.2) is 12.6 Å². The lowest BCUT2D eigenvalue weighted by Crippen LogP contribution is -2.74. The standard InChI is InChI=1S/C31H42N4O8/c1-8-43-34-14(2)17-10-16(12-33-13-30(3,4)5)24(36)21-18(17)9-15-11-19-23(35(6)7)26(38)22(29(32)41)28(40)31(19,42)27(39)20(15)25(21)37/h10,15,19-20,22-23,33-34,36,42H,2,8-9,11-13H2,1,3-7H3,(H2,32,41)/t15-,19-,20?,22?,23-,31-/m0/s1. The number of nitrogens with one attached hydrogen (secondary N) is 2. The number of nitrogens with zero attached hydrogens (tertiary/aromatic N) is 1. The number of carbonyl (C=O) groups is 5. The van der Waals surface area contributed by atoms with Gasteiger partial charge in [-0.1, -0.05) is 27.4 Å². The summed E-state index contributed by atoms with van der Waals surface area (Å²) in [7, 11) is 3.09. The number of carbonyl (C=O) groups excluding carboxylic acids is 5. The Kier molecular flexibility index (Phi) is 8.73. The summed E-state index contributed by atoms with van der Waals surface area (Å²) in [6, 6.07) is 0.556. The topological polar surface area (TPSA) is 188 Å². The maximum Gasteiger partial charge on any atom is 0.235 e. The van der Waals surface area contributed by atoms with E-state index in [0.29, 0.717) is 35.5 Å². The quantitative estimate of drug-likeness (QED) is 0.197. The highest BCUT2D eigenvalue weighted by molar-refractivity contribution is 6.32. The van der Waals surface area contributed by atoms with Crippen LogP contribution in [-0.2, 0) is 37.0 Å². The van der Waals surface area contributed by atoms with E-state index in [2.05, 4.69) is 17.4 Å². The second-order valence-electron chi connectivity index (χ2n) is 13.3. The molecule has 0 aliphatic heterocycles. The summed E-state index contributed by atoms with van der Waals surface area (Å²) in [5.41, 5.74) is 6.94. The number of ketones is 4. The minimum Gasteiger partial charge on any atom is -0.507 e. The first-order valence-corrected chi connectivity index (χ1v) is 14.5. The molecule has 12 heteroatoms. The van der Waals surface area contributed by atoms with Gasteiger partial charge in [0.1, 0.15) is 5.75 Å². The van der Waals surface area contributed by atoms with Crippen molar-refractivity contribution >= 4 is 34.7 Å². The number of amides is 1. The molecule has 0 bridgehead atoms. The van der Waals surface area contributed by atoms with E-state index >= 15 is 0 Å². The molecule has 6 atom stereocenters. The fourth-order valence-electron chi connectivity index (χ4n) is 6.92. The fourth-order valence-corrected chi connectivity index (χ4v) is 6.92. The summed E-state index contributed by atoms with van der Waals surface area (Å²) < 4.78 is 0. The molecule has 6 N–H and O–H groups in total. The molecule has 0 radical (unpaired) electrons. The van der Waals surface area contributed by atoms with E-state index in [9.17, 15) is 34.2 Å². The molecule has 43 heavy (non-hydrogen) atoms. The lowest BCUT2D eigenvalue weighted by atomic mass is 9.52. The van der Waals surface area contributed by atoms with Gasteiger partial charge in [-0.2, -0.15) is 0 Å². The minimum atomic E-state index is -2.78. The number of hydrogen-bond donors (Lipinski definition) is 5. The van der Waals surface area contributed by atoms with Gasteiger partial charge in [0.25, 0.3) is 0 Å². The predicted molar refractivity (Wildman–Crippen MR) is 156 cm³/mol. The van der Waals surface area contributed by atoms with Crippen LogP contribution in [-0.4, -0.2) is 83.0 Å². The molecular weight excluding hydrogens is 556 g/mol. The molecule has 0 spiro atoms. The van der Waals surface area contributed by atoms with Crippen molar-refractivity contribution in [3.8, 4) is 5.75 Å². The molecule has 0 aromatic heterocycles. The van der Waals surface area contributed by atoms with Crippen molar-refractivity contribution in [2.24, 2.45) is 34.8 Å². The smallest absolute Gasteiger partial charge is 0.235 e. The number of Topliss-reactive ketones (excluding diaryl/α,β-unsaturated/α-hetero) is 4. The Hall–Kier alpha value is -3.45. The van der Waals surface area contributed by atoms with Crippen LogP contribution in [0.25, 0.3) is 5.70 Å². The molecule has 1 aromatic carbocycles. The summed E-state index contributed by atoms with van der Waals surface area (Å²) >= 11 is 0. The molecule has 3 aliphatic rings. The molecule has 4 rings (SSSR count). The number of rotatable bonds is 9. The molecule has 12 nitrogen and oxygen atoms in total. The van der Waals surface area contributed by atoms with Gasteiger partial charge in [0.2, 0.25) is 5.91 Å². The molecular formula is C31H42N4O8. The second-order valence-corrected chi connectivity index (χ2v) is 13.3. The van der Waals surface area contributed by atoms with Crippen molar-refractivity contribution in [3.63, 3.8) is 0 Å². The maximum absolute atomic E-state index is 14.2. The number of fused-ring (bicyclic) bond motifs is 3. The Morgan fingerprint density at radius 2 is 1.86 bits per heavy atom. The molecule has 0 heterocycles. The normalized spacial score (nSPS) is 28.8. The van der Waals surface area contributed by atoms with Crippen LogP contribution in [0, 0.1) is 29.1 Å². The first-order valence-electron chi connectivity index (χ1n) is 14.5. The lowest BCUT2D eigenvalue weighted by molar-refractivity contribution is -0.181. The third-order valence-electron chi connectivity index (χ3n) is 8.78. The van der Waals surface area contributed by atoms with Gasteiger partial charge < -0.3 is 21.3 Å². The molecule has 2 fully saturated rings. The van der Waals surface area contributed by atoms with E-state index in [1.807, 2.05) is 20.8 Å². The fraction of sp³-hybridized carbons (Fsp3) is 0.581. The molecule has 3 aliphatic carbocycles. The molecule has 0 saturated heterocycles. The summed E-state index contributed by atoms with van der Waals surface area (Å²) in [4.78, 5) is 74.1. The monoisotopic (exact) mass is 598 g/mol. The summed E-state index contributed by atoms with van der Waals surface area (Å²) in [6.07, 6.45) is 0.0849. The Morgan fingerprint density at radius 3 is 2.42 bits per heavy atom. The largest absolute Gasteiger partial charge is 0.507 e. The lowest BCUT2D eigenvalue weighted by Gasteiger charge is -2.52. The average Bonchev–Trinajstić information content (AvgIpc) is 2.89. The summed E-state index contributed by atoms with van der Waals surface area (Å²) in [5.74, 6) is -10.9. The van der Waals surface area contributed by atoms with Crippen molar-refractivity contribution in [2.75, 3.05) is 27.2 Å². The molecule has 234 valence electrons. The van der Waals surface area contributed by atoms with Gasteiger partial charge in [-0.25, -0.2) is 0 Å². The molecule has 1 aromatic rings. The van der Waals surface area contributed by atoms with Gasteiger partial charge in [-0.15, -0.1) is 0 Å². The van der Waals surface area contributed by atoms with Crippen LogP contribution >= 0.6 is 0 Å². The first kappa shape index (κ1) is 32.5. The van der Waals surface area contributed by atoms with Gasteiger partial charge in [-0.05, 0) is 56.8 Å². The van der Waals surface area contributed by atoms with Gasteiger partial charge in [0, 0.05) is 30.1 Å². The van der Waals surface area contributed by atoms with Crippen LogP contribution in [0.4, 0.5) is 0 Å². The first-order chi connectivity index (χ1) is 20.0. The second kappa shape index (κ2) is 11.6. The number of phenolic OH excluding ortho intramolecular Hbond substituents is 1. The van der Waals surface area contributed by atoms with Gasteiger partial charge in [0.15, 0.2) is 34.7 Å². The zero-order valence-electron chi connectivity index (χ0n) is 25.6. The van der Waals surface area contributed by atoms with Crippen LogP contribution in [0.2, 0.25) is 0 Å². The highest BCUT2D eigenvalue weighted by atomic mass is 16.6. The zero-order chi connectivity index (χ0) is 32.2. The molecule has 2 unspecified atom stereocenters. The minimum absolute atomic E-state index is 0.0373.